The maximum absolute atomic E-state index is 13.4. The van der Waals surface area contributed by atoms with E-state index in [0.29, 0.717) is 0 Å². The van der Waals surface area contributed by atoms with E-state index in [1.807, 2.05) is 39.8 Å². The van der Waals surface area contributed by atoms with Crippen LogP contribution in [0.2, 0.25) is 0 Å². The molecule has 1 aliphatic rings. The first-order chi connectivity index (χ1) is 13.2. The Balaban J connectivity index is 2.17. The maximum atomic E-state index is 13.4. The summed E-state index contributed by atoms with van der Waals surface area (Å²) in [6.07, 6.45) is 1.24. The SMILES string of the molecule is COC(=O)C1N=CN(S(=O)(=O)c2ccc(C)cc2)C1c1c(C)cc(C)cc1C. The van der Waals surface area contributed by atoms with Crippen LogP contribution >= 0.6 is 0 Å². The molecule has 2 unspecified atom stereocenters. The number of sulfonamides is 1. The number of hydrogen-bond donors (Lipinski definition) is 0. The van der Waals surface area contributed by atoms with Gasteiger partial charge in [0.2, 0.25) is 0 Å². The first kappa shape index (κ1) is 20.1. The Labute approximate surface area is 165 Å². The average Bonchev–Trinajstić information content (AvgIpc) is 3.06. The largest absolute Gasteiger partial charge is 0.467 e. The monoisotopic (exact) mass is 400 g/mol. The Morgan fingerprint density at radius 3 is 2.11 bits per heavy atom. The number of aryl methyl sites for hydroxylation is 4. The summed E-state index contributed by atoms with van der Waals surface area (Å²) in [5, 5.41) is 0. The zero-order chi connectivity index (χ0) is 20.6. The molecule has 0 radical (unpaired) electrons. The van der Waals surface area contributed by atoms with Crippen LogP contribution in [0.3, 0.4) is 0 Å². The van der Waals surface area contributed by atoms with E-state index < -0.39 is 28.1 Å². The molecule has 0 N–H and O–H groups in total. The molecular weight excluding hydrogens is 376 g/mol. The molecule has 6 nitrogen and oxygen atoms in total. The predicted molar refractivity (Wildman–Crippen MR) is 108 cm³/mol. The number of carbonyl (C=O) groups excluding carboxylic acids is 1. The summed E-state index contributed by atoms with van der Waals surface area (Å²) < 4.78 is 32.8. The third kappa shape index (κ3) is 3.42. The Morgan fingerprint density at radius 2 is 1.57 bits per heavy atom. The fraction of sp³-hybridized carbons (Fsp3) is 0.333. The summed E-state index contributed by atoms with van der Waals surface area (Å²) in [5.41, 5.74) is 4.62. The third-order valence-electron chi connectivity index (χ3n) is 4.99. The number of ether oxygens (including phenoxy) is 1. The van der Waals surface area contributed by atoms with E-state index in [0.717, 1.165) is 27.8 Å². The standard InChI is InChI=1S/C21H24N2O4S/c1-13-6-8-17(9-7-13)28(25,26)23-12-22-19(21(24)27-5)20(23)18-15(3)10-14(2)11-16(18)4/h6-12,19-20H,1-5H3. The quantitative estimate of drug-likeness (QED) is 0.739. The molecule has 148 valence electrons. The molecule has 0 spiro atoms. The van der Waals surface area contributed by atoms with Crippen molar-refractivity contribution in [3.63, 3.8) is 0 Å². The van der Waals surface area contributed by atoms with Crippen molar-refractivity contribution in [2.45, 2.75) is 44.7 Å². The zero-order valence-electron chi connectivity index (χ0n) is 16.6. The molecule has 2 atom stereocenters. The molecule has 2 aromatic carbocycles. The van der Waals surface area contributed by atoms with Crippen LogP contribution in [0.1, 0.15) is 33.9 Å². The number of methoxy groups -OCH3 is 1. The van der Waals surface area contributed by atoms with Gasteiger partial charge in [-0.1, -0.05) is 35.4 Å². The lowest BCUT2D eigenvalue weighted by Crippen LogP contribution is -2.38. The molecule has 2 aromatic rings. The number of hydrogen-bond acceptors (Lipinski definition) is 5. The highest BCUT2D eigenvalue weighted by Crippen LogP contribution is 2.38. The molecule has 0 amide bonds. The van der Waals surface area contributed by atoms with E-state index in [2.05, 4.69) is 4.99 Å². The van der Waals surface area contributed by atoms with Gasteiger partial charge in [-0.05, 0) is 56.5 Å². The first-order valence-corrected chi connectivity index (χ1v) is 10.4. The van der Waals surface area contributed by atoms with Crippen LogP contribution in [0, 0.1) is 27.7 Å². The summed E-state index contributed by atoms with van der Waals surface area (Å²) in [4.78, 5) is 16.7. The highest BCUT2D eigenvalue weighted by atomic mass is 32.2. The van der Waals surface area contributed by atoms with Gasteiger partial charge < -0.3 is 4.74 Å². The Kier molecular flexibility index (Phi) is 5.30. The van der Waals surface area contributed by atoms with E-state index in [1.54, 1.807) is 24.3 Å². The van der Waals surface area contributed by atoms with Gasteiger partial charge >= 0.3 is 5.97 Å². The Hall–Kier alpha value is -2.67. The molecule has 7 heteroatoms. The summed E-state index contributed by atoms with van der Waals surface area (Å²) >= 11 is 0. The van der Waals surface area contributed by atoms with Gasteiger partial charge in [0.1, 0.15) is 12.4 Å². The van der Waals surface area contributed by atoms with Crippen LogP contribution in [0.15, 0.2) is 46.3 Å². The van der Waals surface area contributed by atoms with Crippen molar-refractivity contribution in [3.8, 4) is 0 Å². The fourth-order valence-electron chi connectivity index (χ4n) is 3.73. The van der Waals surface area contributed by atoms with Gasteiger partial charge in [-0.3, -0.25) is 4.99 Å². The molecule has 0 aromatic heterocycles. The second-order valence-electron chi connectivity index (χ2n) is 7.14. The van der Waals surface area contributed by atoms with Gasteiger partial charge in [-0.15, -0.1) is 0 Å². The van der Waals surface area contributed by atoms with Gasteiger partial charge in [-0.25, -0.2) is 17.5 Å². The zero-order valence-corrected chi connectivity index (χ0v) is 17.4. The van der Waals surface area contributed by atoms with Crippen molar-refractivity contribution in [3.05, 3.63) is 64.2 Å². The van der Waals surface area contributed by atoms with Gasteiger partial charge in [0.25, 0.3) is 10.0 Å². The molecule has 0 aliphatic carbocycles. The predicted octanol–water partition coefficient (Wildman–Crippen LogP) is 3.24. The second-order valence-corrected chi connectivity index (χ2v) is 8.98. The van der Waals surface area contributed by atoms with Crippen molar-refractivity contribution >= 4 is 22.3 Å². The number of carbonyl (C=O) groups is 1. The minimum absolute atomic E-state index is 0.155. The van der Waals surface area contributed by atoms with Crippen molar-refractivity contribution < 1.29 is 17.9 Å². The lowest BCUT2D eigenvalue weighted by molar-refractivity contribution is -0.142. The average molecular weight is 401 g/mol. The maximum Gasteiger partial charge on any atom is 0.333 e. The lowest BCUT2D eigenvalue weighted by atomic mass is 9.91. The summed E-state index contributed by atoms with van der Waals surface area (Å²) in [7, 11) is -2.62. The highest BCUT2D eigenvalue weighted by Gasteiger charge is 2.44. The summed E-state index contributed by atoms with van der Waals surface area (Å²) in [6.45, 7) is 7.70. The van der Waals surface area contributed by atoms with Crippen molar-refractivity contribution in [2.24, 2.45) is 4.99 Å². The molecular formula is C21H24N2O4S. The van der Waals surface area contributed by atoms with Gasteiger partial charge in [-0.2, -0.15) is 0 Å². The lowest BCUT2D eigenvalue weighted by Gasteiger charge is -2.29. The highest BCUT2D eigenvalue weighted by molar-refractivity contribution is 7.89. The molecule has 0 bridgehead atoms. The van der Waals surface area contributed by atoms with Gasteiger partial charge in [0.15, 0.2) is 6.04 Å². The fourth-order valence-corrected chi connectivity index (χ4v) is 5.15. The molecule has 0 saturated heterocycles. The van der Waals surface area contributed by atoms with Crippen molar-refractivity contribution in [1.29, 1.82) is 0 Å². The van der Waals surface area contributed by atoms with E-state index in [4.69, 9.17) is 4.74 Å². The molecule has 28 heavy (non-hydrogen) atoms. The number of benzene rings is 2. The third-order valence-corrected chi connectivity index (χ3v) is 6.73. The van der Waals surface area contributed by atoms with E-state index in [1.165, 1.54) is 17.8 Å². The van der Waals surface area contributed by atoms with Gasteiger partial charge in [0.05, 0.1) is 12.0 Å². The van der Waals surface area contributed by atoms with Crippen LogP contribution < -0.4 is 0 Å². The number of nitrogens with zero attached hydrogens (tertiary/aromatic N) is 2. The van der Waals surface area contributed by atoms with E-state index in [-0.39, 0.29) is 4.90 Å². The Morgan fingerprint density at radius 1 is 1.00 bits per heavy atom. The smallest absolute Gasteiger partial charge is 0.333 e. The molecule has 1 heterocycles. The van der Waals surface area contributed by atoms with Crippen LogP contribution in [0.5, 0.6) is 0 Å². The topological polar surface area (TPSA) is 76.0 Å². The van der Waals surface area contributed by atoms with E-state index >= 15 is 0 Å². The number of rotatable bonds is 4. The minimum Gasteiger partial charge on any atom is -0.467 e. The summed E-state index contributed by atoms with van der Waals surface area (Å²) in [6, 6.07) is 8.83. The van der Waals surface area contributed by atoms with Crippen LogP contribution in [-0.2, 0) is 19.6 Å². The Bertz CT molecular complexity index is 1020. The number of esters is 1. The van der Waals surface area contributed by atoms with Crippen LogP contribution in [0.25, 0.3) is 0 Å². The first-order valence-electron chi connectivity index (χ1n) is 8.96. The number of aliphatic imine (C=N–C) groups is 1. The summed E-state index contributed by atoms with van der Waals surface area (Å²) in [5.74, 6) is -0.567. The van der Waals surface area contributed by atoms with Crippen molar-refractivity contribution in [1.82, 2.24) is 4.31 Å². The minimum atomic E-state index is -3.89. The molecule has 1 aliphatic heterocycles. The van der Waals surface area contributed by atoms with Crippen molar-refractivity contribution in [2.75, 3.05) is 7.11 Å². The second kappa shape index (κ2) is 7.39. The normalized spacial score (nSPS) is 19.1. The molecule has 3 rings (SSSR count). The van der Waals surface area contributed by atoms with Gasteiger partial charge in [0, 0.05) is 0 Å². The van der Waals surface area contributed by atoms with Crippen LogP contribution in [-0.4, -0.2) is 38.2 Å². The van der Waals surface area contributed by atoms with E-state index in [9.17, 15) is 13.2 Å². The van der Waals surface area contributed by atoms with Crippen LogP contribution in [0.4, 0.5) is 0 Å². The molecule has 0 fully saturated rings. The molecule has 0 saturated carbocycles.